The zero-order valence-electron chi connectivity index (χ0n) is 16.8. The molecule has 0 unspecified atom stereocenters. The first-order valence-corrected chi connectivity index (χ1v) is 10.3. The van der Waals surface area contributed by atoms with E-state index in [0.717, 1.165) is 42.2 Å². The molecule has 0 aliphatic carbocycles. The van der Waals surface area contributed by atoms with Crippen molar-refractivity contribution < 1.29 is 0 Å². The second kappa shape index (κ2) is 8.06. The summed E-state index contributed by atoms with van der Waals surface area (Å²) >= 11 is 6.38. The Morgan fingerprint density at radius 2 is 1.96 bits per heavy atom. The summed E-state index contributed by atoms with van der Waals surface area (Å²) in [6.45, 7) is 6.26. The molecule has 0 amide bonds. The van der Waals surface area contributed by atoms with Gasteiger partial charge in [-0.25, -0.2) is 0 Å². The van der Waals surface area contributed by atoms with Crippen LogP contribution in [0.4, 0.5) is 0 Å². The van der Waals surface area contributed by atoms with E-state index in [9.17, 15) is 0 Å². The molecule has 0 saturated carbocycles. The number of hydrogen-bond donors (Lipinski definition) is 0. The van der Waals surface area contributed by atoms with Crippen LogP contribution in [0.2, 0.25) is 5.02 Å². The van der Waals surface area contributed by atoms with Gasteiger partial charge in [-0.3, -0.25) is 14.6 Å². The van der Waals surface area contributed by atoms with Crippen molar-refractivity contribution in [3.05, 3.63) is 81.4 Å². The van der Waals surface area contributed by atoms with Crippen LogP contribution >= 0.6 is 11.6 Å². The molecule has 0 spiro atoms. The minimum atomic E-state index is 0.365. The lowest BCUT2D eigenvalue weighted by Gasteiger charge is -2.24. The van der Waals surface area contributed by atoms with Crippen molar-refractivity contribution in [3.8, 4) is 0 Å². The van der Waals surface area contributed by atoms with E-state index in [1.807, 2.05) is 36.1 Å². The quantitative estimate of drug-likeness (QED) is 0.609. The number of nitrogens with zero attached hydrogens (tertiary/aromatic N) is 4. The van der Waals surface area contributed by atoms with Crippen molar-refractivity contribution in [1.29, 1.82) is 0 Å². The number of rotatable bonds is 5. The van der Waals surface area contributed by atoms with Crippen molar-refractivity contribution in [3.63, 3.8) is 0 Å². The van der Waals surface area contributed by atoms with E-state index in [1.54, 1.807) is 0 Å². The normalized spacial score (nSPS) is 17.4. The molecule has 1 saturated heterocycles. The highest BCUT2D eigenvalue weighted by Crippen LogP contribution is 2.33. The van der Waals surface area contributed by atoms with Gasteiger partial charge in [-0.2, -0.15) is 5.10 Å². The number of aryl methyl sites for hydroxylation is 2. The Labute approximate surface area is 172 Å². The monoisotopic (exact) mass is 394 g/mol. The Hall–Kier alpha value is -2.17. The van der Waals surface area contributed by atoms with Crippen LogP contribution < -0.4 is 0 Å². The minimum absolute atomic E-state index is 0.365. The Bertz CT molecular complexity index is 978. The van der Waals surface area contributed by atoms with Gasteiger partial charge in [-0.05, 0) is 69.0 Å². The first kappa shape index (κ1) is 19.2. The first-order chi connectivity index (χ1) is 13.5. The van der Waals surface area contributed by atoms with Crippen LogP contribution in [-0.2, 0) is 20.0 Å². The van der Waals surface area contributed by atoms with Crippen molar-refractivity contribution in [2.45, 2.75) is 45.7 Å². The number of aromatic nitrogens is 3. The van der Waals surface area contributed by atoms with Gasteiger partial charge < -0.3 is 0 Å². The number of halogens is 1. The largest absolute Gasteiger partial charge is 0.290 e. The van der Waals surface area contributed by atoms with Crippen molar-refractivity contribution in [1.82, 2.24) is 19.7 Å². The van der Waals surface area contributed by atoms with Crippen molar-refractivity contribution in [2.75, 3.05) is 6.54 Å². The molecule has 1 aromatic carbocycles. The van der Waals surface area contributed by atoms with Gasteiger partial charge in [0.05, 0.1) is 17.9 Å². The number of hydrogen-bond acceptors (Lipinski definition) is 3. The average Bonchev–Trinajstić information content (AvgIpc) is 3.25. The van der Waals surface area contributed by atoms with Gasteiger partial charge >= 0.3 is 0 Å². The summed E-state index contributed by atoms with van der Waals surface area (Å²) in [5.74, 6) is 0. The highest BCUT2D eigenvalue weighted by atomic mass is 35.5. The van der Waals surface area contributed by atoms with E-state index < -0.39 is 0 Å². The molecule has 146 valence electrons. The molecule has 1 atom stereocenters. The molecule has 2 aromatic heterocycles. The molecule has 0 radical (unpaired) electrons. The molecule has 1 aliphatic heterocycles. The lowest BCUT2D eigenvalue weighted by atomic mass is 10.0. The fourth-order valence-corrected chi connectivity index (χ4v) is 4.37. The van der Waals surface area contributed by atoms with Crippen LogP contribution in [0.5, 0.6) is 0 Å². The van der Waals surface area contributed by atoms with E-state index in [2.05, 4.69) is 42.0 Å². The van der Waals surface area contributed by atoms with Crippen molar-refractivity contribution in [2.24, 2.45) is 7.05 Å². The summed E-state index contributed by atoms with van der Waals surface area (Å²) in [6.07, 6.45) is 5.20. The highest BCUT2D eigenvalue weighted by Gasteiger charge is 2.28. The SMILES string of the molecule is Cc1cc(Cc2ccccc2Cl)cc([C@H]2CCCN2Cc2cnn(C)c2C)n1. The van der Waals surface area contributed by atoms with E-state index in [-0.39, 0.29) is 0 Å². The molecule has 4 rings (SSSR count). The van der Waals surface area contributed by atoms with Gasteiger partial charge in [0.25, 0.3) is 0 Å². The molecule has 1 fully saturated rings. The van der Waals surface area contributed by atoms with E-state index >= 15 is 0 Å². The van der Waals surface area contributed by atoms with E-state index in [1.165, 1.54) is 28.9 Å². The predicted molar refractivity (Wildman–Crippen MR) is 114 cm³/mol. The predicted octanol–water partition coefficient (Wildman–Crippen LogP) is 5.01. The summed E-state index contributed by atoms with van der Waals surface area (Å²) in [5, 5.41) is 5.23. The Morgan fingerprint density at radius 3 is 2.71 bits per heavy atom. The molecule has 4 nitrogen and oxygen atoms in total. The summed E-state index contributed by atoms with van der Waals surface area (Å²) in [7, 11) is 2.00. The van der Waals surface area contributed by atoms with Crippen molar-refractivity contribution >= 4 is 11.6 Å². The first-order valence-electron chi connectivity index (χ1n) is 9.93. The van der Waals surface area contributed by atoms with Crippen LogP contribution in [0, 0.1) is 13.8 Å². The van der Waals surface area contributed by atoms with Crippen LogP contribution in [0.1, 0.15) is 52.7 Å². The summed E-state index contributed by atoms with van der Waals surface area (Å²) < 4.78 is 1.95. The maximum absolute atomic E-state index is 6.38. The molecule has 5 heteroatoms. The second-order valence-corrected chi connectivity index (χ2v) is 8.22. The number of pyridine rings is 1. The fourth-order valence-electron chi connectivity index (χ4n) is 4.17. The molecule has 28 heavy (non-hydrogen) atoms. The van der Waals surface area contributed by atoms with Crippen LogP contribution in [-0.4, -0.2) is 26.2 Å². The standard InChI is InChI=1S/C23H27ClN4/c1-16-11-18(12-19-7-4-5-8-21(19)24)13-22(26-16)23-9-6-10-28(23)15-20-14-25-27(3)17(20)2/h4-5,7-8,11,13-14,23H,6,9-10,12,15H2,1-3H3/t23-/m1/s1. The van der Waals surface area contributed by atoms with E-state index in [4.69, 9.17) is 16.6 Å². The Kier molecular flexibility index (Phi) is 5.51. The average molecular weight is 395 g/mol. The minimum Gasteiger partial charge on any atom is -0.290 e. The zero-order chi connectivity index (χ0) is 19.7. The van der Waals surface area contributed by atoms with Crippen LogP contribution in [0.15, 0.2) is 42.6 Å². The van der Waals surface area contributed by atoms with Crippen LogP contribution in [0.25, 0.3) is 0 Å². The molecule has 3 heterocycles. The van der Waals surface area contributed by atoms with Gasteiger partial charge in [0, 0.05) is 35.6 Å². The van der Waals surface area contributed by atoms with Gasteiger partial charge in [-0.1, -0.05) is 29.8 Å². The second-order valence-electron chi connectivity index (χ2n) is 7.82. The van der Waals surface area contributed by atoms with E-state index in [0.29, 0.717) is 6.04 Å². The Balaban J connectivity index is 1.58. The molecule has 3 aromatic rings. The maximum Gasteiger partial charge on any atom is 0.0581 e. The van der Waals surface area contributed by atoms with Gasteiger partial charge in [0.1, 0.15) is 0 Å². The summed E-state index contributed by atoms with van der Waals surface area (Å²) in [6, 6.07) is 12.9. The lowest BCUT2D eigenvalue weighted by Crippen LogP contribution is -2.24. The molecule has 1 aliphatic rings. The third-order valence-corrected chi connectivity index (χ3v) is 6.17. The lowest BCUT2D eigenvalue weighted by molar-refractivity contribution is 0.243. The zero-order valence-corrected chi connectivity index (χ0v) is 17.6. The summed E-state index contributed by atoms with van der Waals surface area (Å²) in [5.41, 5.74) is 7.24. The molecular formula is C23H27ClN4. The highest BCUT2D eigenvalue weighted by molar-refractivity contribution is 6.31. The number of benzene rings is 1. The van der Waals surface area contributed by atoms with Gasteiger partial charge in [0.15, 0.2) is 0 Å². The maximum atomic E-state index is 6.38. The smallest absolute Gasteiger partial charge is 0.0581 e. The molecular weight excluding hydrogens is 368 g/mol. The fraction of sp³-hybridized carbons (Fsp3) is 0.391. The Morgan fingerprint density at radius 1 is 1.14 bits per heavy atom. The van der Waals surface area contributed by atoms with Gasteiger partial charge in [0.2, 0.25) is 0 Å². The third-order valence-electron chi connectivity index (χ3n) is 5.80. The number of likely N-dealkylation sites (tertiary alicyclic amines) is 1. The van der Waals surface area contributed by atoms with Gasteiger partial charge in [-0.15, -0.1) is 0 Å². The molecule has 0 bridgehead atoms. The third kappa shape index (κ3) is 3.98. The molecule has 0 N–H and O–H groups in total. The topological polar surface area (TPSA) is 34.0 Å². The van der Waals surface area contributed by atoms with Crippen LogP contribution in [0.3, 0.4) is 0 Å². The summed E-state index contributed by atoms with van der Waals surface area (Å²) in [4.78, 5) is 7.45.